The second kappa shape index (κ2) is 22.8. The van der Waals surface area contributed by atoms with E-state index in [1.807, 2.05) is 0 Å². The number of hydrogen-bond donors (Lipinski definition) is 0. The van der Waals surface area contributed by atoms with Crippen molar-refractivity contribution in [2.75, 3.05) is 0 Å². The van der Waals surface area contributed by atoms with Crippen molar-refractivity contribution in [1.82, 2.24) is 0 Å². The Morgan fingerprint density at radius 2 is 1.23 bits per heavy atom. The van der Waals surface area contributed by atoms with E-state index in [4.69, 9.17) is 0 Å². The minimum atomic E-state index is 0. The highest BCUT2D eigenvalue weighted by Crippen LogP contribution is 2.52. The van der Waals surface area contributed by atoms with Gasteiger partial charge in [-0.15, -0.1) is 0 Å². The van der Waals surface area contributed by atoms with E-state index in [9.17, 15) is 0 Å². The lowest BCUT2D eigenvalue weighted by Crippen LogP contribution is -2.17. The summed E-state index contributed by atoms with van der Waals surface area (Å²) in [7, 11) is 0. The van der Waals surface area contributed by atoms with Gasteiger partial charge in [-0.3, -0.25) is 0 Å². The Hall–Kier alpha value is -3.64. The molecule has 0 saturated carbocycles. The summed E-state index contributed by atoms with van der Waals surface area (Å²) < 4.78 is 0. The van der Waals surface area contributed by atoms with E-state index in [0.29, 0.717) is 0 Å². The van der Waals surface area contributed by atoms with E-state index >= 15 is 0 Å². The first-order valence-electron chi connectivity index (χ1n) is 15.2. The lowest BCUT2D eigenvalue weighted by molar-refractivity contribution is 0.657. The van der Waals surface area contributed by atoms with Crippen molar-refractivity contribution in [1.29, 1.82) is 0 Å². The number of allylic oxidation sites excluding steroid dienone is 10. The third kappa shape index (κ3) is 11.5. The van der Waals surface area contributed by atoms with Gasteiger partial charge >= 0.3 is 0 Å². The Balaban J connectivity index is -0.000000407. The highest BCUT2D eigenvalue weighted by molar-refractivity contribution is 5.95. The summed E-state index contributed by atoms with van der Waals surface area (Å²) in [5.74, 6) is 0. The van der Waals surface area contributed by atoms with Crippen LogP contribution in [-0.4, -0.2) is 0 Å². The van der Waals surface area contributed by atoms with Crippen LogP contribution < -0.4 is 0 Å². The highest BCUT2D eigenvalue weighted by Gasteiger charge is 2.38. The molecule has 0 unspecified atom stereocenters. The van der Waals surface area contributed by atoms with Crippen molar-refractivity contribution < 1.29 is 0 Å². The standard InChI is InChI=1S/C27H28.C14H22.6CH4/c1-17-11-7-8-12-21(17)19(3)20(4)25-18(2)15-16-23-22-13-9-10-14-24(22)27(5,6)26(23)25;1-5-8-11-14(7-3)12-9-10-13(4)6-2;;;;;;/h7-16H,1-6H3;6-11H,5,12H2,1-4H3;6*1H4/b20-19+;10-9-,11-8-,13-6-,14-7+;;;;;;. The SMILES string of the molecule is C.C.C.C.C.C.C/C(=C(/C)c1c(C)ccc2c1C(C)(C)c1ccccc1-2)c1ccccc1C.C/C=C(C)\C=C/CC(/C=C\CC)=C/C. The van der Waals surface area contributed by atoms with Crippen molar-refractivity contribution in [3.63, 3.8) is 0 Å². The monoisotopic (exact) mass is 639 g/mol. The van der Waals surface area contributed by atoms with Crippen LogP contribution in [-0.2, 0) is 5.41 Å². The van der Waals surface area contributed by atoms with Crippen molar-refractivity contribution in [2.24, 2.45) is 0 Å². The third-order valence-corrected chi connectivity index (χ3v) is 8.54. The molecule has 0 heteroatoms. The van der Waals surface area contributed by atoms with Gasteiger partial charge in [-0.2, -0.15) is 0 Å². The zero-order chi connectivity index (χ0) is 30.2. The predicted molar refractivity (Wildman–Crippen MR) is 225 cm³/mol. The van der Waals surface area contributed by atoms with Gasteiger partial charge in [0.15, 0.2) is 0 Å². The summed E-state index contributed by atoms with van der Waals surface area (Å²) in [5.41, 5.74) is 16.6. The van der Waals surface area contributed by atoms with E-state index in [0.717, 1.165) is 12.8 Å². The third-order valence-electron chi connectivity index (χ3n) is 8.54. The molecule has 0 radical (unpaired) electrons. The van der Waals surface area contributed by atoms with E-state index < -0.39 is 0 Å². The minimum Gasteiger partial charge on any atom is -0.0847 e. The zero-order valence-electron chi connectivity index (χ0n) is 27.2. The van der Waals surface area contributed by atoms with E-state index in [2.05, 4.69) is 166 Å². The largest absolute Gasteiger partial charge is 0.0847 e. The summed E-state index contributed by atoms with van der Waals surface area (Å²) in [5, 5.41) is 0. The summed E-state index contributed by atoms with van der Waals surface area (Å²) in [6.07, 6.45) is 15.2. The highest BCUT2D eigenvalue weighted by atomic mass is 14.4. The molecule has 0 amide bonds. The molecule has 3 aromatic rings. The van der Waals surface area contributed by atoms with Crippen LogP contribution in [0.5, 0.6) is 0 Å². The fourth-order valence-corrected chi connectivity index (χ4v) is 5.87. The molecule has 0 heterocycles. The fraction of sp³-hybridized carbons (Fsp3) is 0.404. The molecule has 0 N–H and O–H groups in total. The molecule has 0 nitrogen and oxygen atoms in total. The van der Waals surface area contributed by atoms with Gasteiger partial charge in [0.05, 0.1) is 0 Å². The van der Waals surface area contributed by atoms with Gasteiger partial charge in [0.2, 0.25) is 0 Å². The van der Waals surface area contributed by atoms with Crippen molar-refractivity contribution >= 4 is 11.1 Å². The maximum Gasteiger partial charge on any atom is 0.0164 e. The average Bonchev–Trinajstić information content (AvgIpc) is 3.21. The van der Waals surface area contributed by atoms with E-state index in [-0.39, 0.29) is 50.0 Å². The Labute approximate surface area is 295 Å². The van der Waals surface area contributed by atoms with Crippen LogP contribution in [0, 0.1) is 13.8 Å². The molecule has 262 valence electrons. The number of rotatable bonds is 7. The van der Waals surface area contributed by atoms with Crippen LogP contribution in [0.15, 0.2) is 108 Å². The molecule has 0 aromatic heterocycles. The molecule has 0 fully saturated rings. The topological polar surface area (TPSA) is 0 Å². The Morgan fingerprint density at radius 3 is 1.81 bits per heavy atom. The number of benzene rings is 3. The molecule has 0 saturated heterocycles. The van der Waals surface area contributed by atoms with Crippen molar-refractivity contribution in [3.8, 4) is 11.1 Å². The number of hydrogen-bond acceptors (Lipinski definition) is 0. The lowest BCUT2D eigenvalue weighted by atomic mass is 9.76. The van der Waals surface area contributed by atoms with Gasteiger partial charge < -0.3 is 0 Å². The van der Waals surface area contributed by atoms with Gasteiger partial charge in [-0.05, 0) is 123 Å². The second-order valence-electron chi connectivity index (χ2n) is 11.7. The molecular formula is C47H74. The van der Waals surface area contributed by atoms with Crippen molar-refractivity contribution in [2.45, 2.75) is 132 Å². The van der Waals surface area contributed by atoms with Crippen LogP contribution in [0.3, 0.4) is 0 Å². The minimum absolute atomic E-state index is 0. The molecule has 0 aliphatic heterocycles. The molecule has 3 aromatic carbocycles. The van der Waals surface area contributed by atoms with Crippen LogP contribution in [0.2, 0.25) is 0 Å². The molecule has 4 rings (SSSR count). The summed E-state index contributed by atoms with van der Waals surface area (Å²) >= 11 is 0. The summed E-state index contributed by atoms with van der Waals surface area (Å²) in [4.78, 5) is 0. The quantitative estimate of drug-likeness (QED) is 0.178. The predicted octanol–water partition coefficient (Wildman–Crippen LogP) is 16.2. The molecule has 1 aliphatic rings. The number of fused-ring (bicyclic) bond motifs is 3. The smallest absolute Gasteiger partial charge is 0.0164 e. The first-order valence-corrected chi connectivity index (χ1v) is 15.2. The van der Waals surface area contributed by atoms with Gasteiger partial charge in [0, 0.05) is 5.41 Å². The first kappa shape index (κ1) is 50.2. The normalized spacial score (nSPS) is 13.1. The van der Waals surface area contributed by atoms with Crippen molar-refractivity contribution in [3.05, 3.63) is 142 Å². The van der Waals surface area contributed by atoms with Crippen LogP contribution in [0.4, 0.5) is 0 Å². The van der Waals surface area contributed by atoms with Gasteiger partial charge in [-0.1, -0.05) is 168 Å². The lowest BCUT2D eigenvalue weighted by Gasteiger charge is -2.27. The van der Waals surface area contributed by atoms with Crippen LogP contribution >= 0.6 is 0 Å². The van der Waals surface area contributed by atoms with Gasteiger partial charge in [0.25, 0.3) is 0 Å². The maximum absolute atomic E-state index is 2.37. The molecule has 0 atom stereocenters. The fourth-order valence-electron chi connectivity index (χ4n) is 5.87. The van der Waals surface area contributed by atoms with Gasteiger partial charge in [0.1, 0.15) is 0 Å². The molecular weight excluding hydrogens is 565 g/mol. The second-order valence-corrected chi connectivity index (χ2v) is 11.7. The first-order chi connectivity index (χ1) is 19.6. The van der Waals surface area contributed by atoms with Crippen LogP contribution in [0.25, 0.3) is 22.3 Å². The molecule has 47 heavy (non-hydrogen) atoms. The Bertz CT molecular complexity index is 1510. The maximum atomic E-state index is 2.37. The van der Waals surface area contributed by atoms with Gasteiger partial charge in [-0.25, -0.2) is 0 Å². The zero-order valence-corrected chi connectivity index (χ0v) is 27.2. The Kier molecular flexibility index (Phi) is 24.4. The molecule has 0 spiro atoms. The van der Waals surface area contributed by atoms with Crippen LogP contribution in [0.1, 0.15) is 146 Å². The van der Waals surface area contributed by atoms with E-state index in [1.165, 1.54) is 66.8 Å². The Morgan fingerprint density at radius 1 is 0.638 bits per heavy atom. The summed E-state index contributed by atoms with van der Waals surface area (Å²) in [6, 6.07) is 22.2. The van der Waals surface area contributed by atoms with E-state index in [1.54, 1.807) is 0 Å². The summed E-state index contributed by atoms with van der Waals surface area (Å²) in [6.45, 7) is 22.2. The number of aryl methyl sites for hydroxylation is 2. The molecule has 1 aliphatic carbocycles. The average molecular weight is 639 g/mol. The molecule has 0 bridgehead atoms.